The number of benzene rings is 1. The predicted molar refractivity (Wildman–Crippen MR) is 69.7 cm³/mol. The van der Waals surface area contributed by atoms with E-state index < -0.39 is 0 Å². The zero-order valence-electron chi connectivity index (χ0n) is 10.1. The summed E-state index contributed by atoms with van der Waals surface area (Å²) < 4.78 is 1.85. The average Bonchev–Trinajstić information content (AvgIpc) is 2.68. The fraction of sp³-hybridized carbons (Fsp3) is 0.357. The monoisotopic (exact) mass is 227 g/mol. The van der Waals surface area contributed by atoms with Gasteiger partial charge in [-0.05, 0) is 42.9 Å². The van der Waals surface area contributed by atoms with Crippen molar-refractivity contribution in [2.75, 3.05) is 5.73 Å². The van der Waals surface area contributed by atoms with E-state index in [1.807, 2.05) is 11.7 Å². The van der Waals surface area contributed by atoms with E-state index in [4.69, 9.17) is 5.73 Å². The summed E-state index contributed by atoms with van der Waals surface area (Å²) in [6.07, 6.45) is 6.75. The Morgan fingerprint density at radius 3 is 2.65 bits per heavy atom. The fourth-order valence-electron chi connectivity index (χ4n) is 2.69. The SMILES string of the molecule is Cn1ncc(N)c1-c1ccc2c(c1)CCCC2. The normalized spacial score (nSPS) is 14.6. The van der Waals surface area contributed by atoms with Gasteiger partial charge in [-0.2, -0.15) is 5.10 Å². The average molecular weight is 227 g/mol. The van der Waals surface area contributed by atoms with Crippen molar-refractivity contribution in [1.29, 1.82) is 0 Å². The van der Waals surface area contributed by atoms with E-state index in [2.05, 4.69) is 23.3 Å². The van der Waals surface area contributed by atoms with Crippen LogP contribution in [0.1, 0.15) is 24.0 Å². The minimum Gasteiger partial charge on any atom is -0.396 e. The highest BCUT2D eigenvalue weighted by molar-refractivity contribution is 5.73. The van der Waals surface area contributed by atoms with Crippen molar-refractivity contribution in [2.45, 2.75) is 25.7 Å². The lowest BCUT2D eigenvalue weighted by molar-refractivity contribution is 0.685. The second-order valence-corrected chi connectivity index (χ2v) is 4.76. The van der Waals surface area contributed by atoms with Gasteiger partial charge >= 0.3 is 0 Å². The van der Waals surface area contributed by atoms with Crippen LogP contribution >= 0.6 is 0 Å². The van der Waals surface area contributed by atoms with Gasteiger partial charge < -0.3 is 5.73 Å². The molecule has 0 spiro atoms. The molecule has 1 heterocycles. The van der Waals surface area contributed by atoms with Crippen molar-refractivity contribution in [2.24, 2.45) is 7.05 Å². The molecule has 1 aliphatic carbocycles. The lowest BCUT2D eigenvalue weighted by Gasteiger charge is -2.16. The Labute approximate surface area is 101 Å². The first-order valence-electron chi connectivity index (χ1n) is 6.15. The minimum atomic E-state index is 0.753. The molecule has 2 aromatic rings. The molecule has 3 rings (SSSR count). The number of fused-ring (bicyclic) bond motifs is 1. The number of hydrogen-bond donors (Lipinski definition) is 1. The van der Waals surface area contributed by atoms with Gasteiger partial charge in [0.1, 0.15) is 0 Å². The molecule has 0 aliphatic heterocycles. The molecule has 2 N–H and O–H groups in total. The van der Waals surface area contributed by atoms with Gasteiger partial charge in [0.05, 0.1) is 17.6 Å². The molecule has 0 fully saturated rings. The molecule has 0 radical (unpaired) electrons. The molecule has 1 aromatic heterocycles. The molecule has 0 bridgehead atoms. The van der Waals surface area contributed by atoms with Crippen molar-refractivity contribution < 1.29 is 0 Å². The van der Waals surface area contributed by atoms with E-state index in [0.717, 1.165) is 11.4 Å². The number of aromatic nitrogens is 2. The molecule has 0 unspecified atom stereocenters. The number of anilines is 1. The van der Waals surface area contributed by atoms with Crippen LogP contribution in [0, 0.1) is 0 Å². The first-order chi connectivity index (χ1) is 8.25. The highest BCUT2D eigenvalue weighted by atomic mass is 15.3. The summed E-state index contributed by atoms with van der Waals surface area (Å²) in [5.41, 5.74) is 11.9. The Morgan fingerprint density at radius 2 is 1.94 bits per heavy atom. The smallest absolute Gasteiger partial charge is 0.0908 e. The summed E-state index contributed by atoms with van der Waals surface area (Å²) in [6.45, 7) is 0. The van der Waals surface area contributed by atoms with Gasteiger partial charge in [-0.1, -0.05) is 12.1 Å². The van der Waals surface area contributed by atoms with Crippen LogP contribution in [-0.2, 0) is 19.9 Å². The van der Waals surface area contributed by atoms with E-state index in [1.165, 1.54) is 42.4 Å². The molecule has 1 aromatic carbocycles. The Kier molecular flexibility index (Phi) is 2.39. The summed E-state index contributed by atoms with van der Waals surface area (Å²) >= 11 is 0. The number of nitrogen functional groups attached to an aromatic ring is 1. The molecule has 1 aliphatic rings. The molecule has 0 saturated carbocycles. The number of nitrogens with two attached hydrogens (primary N) is 1. The number of nitrogens with zero attached hydrogens (tertiary/aromatic N) is 2. The Balaban J connectivity index is 2.10. The zero-order valence-corrected chi connectivity index (χ0v) is 10.1. The summed E-state index contributed by atoms with van der Waals surface area (Å²) in [7, 11) is 1.94. The number of aryl methyl sites for hydroxylation is 3. The molecule has 3 nitrogen and oxygen atoms in total. The molecular formula is C14H17N3. The third-order valence-corrected chi connectivity index (χ3v) is 3.59. The van der Waals surface area contributed by atoms with E-state index in [-0.39, 0.29) is 0 Å². The number of rotatable bonds is 1. The third kappa shape index (κ3) is 1.71. The van der Waals surface area contributed by atoms with Crippen molar-refractivity contribution in [3.05, 3.63) is 35.5 Å². The van der Waals surface area contributed by atoms with Gasteiger partial charge in [0.15, 0.2) is 0 Å². The number of hydrogen-bond acceptors (Lipinski definition) is 2. The molecular weight excluding hydrogens is 210 g/mol. The lowest BCUT2D eigenvalue weighted by atomic mass is 9.90. The maximum absolute atomic E-state index is 5.97. The van der Waals surface area contributed by atoms with E-state index in [1.54, 1.807) is 6.20 Å². The van der Waals surface area contributed by atoms with Crippen LogP contribution in [0.4, 0.5) is 5.69 Å². The van der Waals surface area contributed by atoms with Crippen LogP contribution in [-0.4, -0.2) is 9.78 Å². The summed E-state index contributed by atoms with van der Waals surface area (Å²) in [4.78, 5) is 0. The van der Waals surface area contributed by atoms with Crippen molar-refractivity contribution in [3.63, 3.8) is 0 Å². The van der Waals surface area contributed by atoms with E-state index >= 15 is 0 Å². The molecule has 17 heavy (non-hydrogen) atoms. The van der Waals surface area contributed by atoms with Gasteiger partial charge in [-0.25, -0.2) is 0 Å². The van der Waals surface area contributed by atoms with E-state index in [0.29, 0.717) is 0 Å². The van der Waals surface area contributed by atoms with Crippen molar-refractivity contribution >= 4 is 5.69 Å². The molecule has 0 saturated heterocycles. The standard InChI is InChI=1S/C14H17N3/c1-17-14(13(15)9-16-17)12-7-6-10-4-2-3-5-11(10)8-12/h6-9H,2-5,15H2,1H3. The molecule has 88 valence electrons. The minimum absolute atomic E-state index is 0.753. The van der Waals surface area contributed by atoms with Crippen LogP contribution in [0.15, 0.2) is 24.4 Å². The van der Waals surface area contributed by atoms with Gasteiger partial charge in [0.25, 0.3) is 0 Å². The largest absolute Gasteiger partial charge is 0.396 e. The predicted octanol–water partition coefficient (Wildman–Crippen LogP) is 2.55. The Hall–Kier alpha value is -1.77. The second kappa shape index (κ2) is 3.91. The van der Waals surface area contributed by atoms with Crippen LogP contribution in [0.3, 0.4) is 0 Å². The van der Waals surface area contributed by atoms with Crippen molar-refractivity contribution in [1.82, 2.24) is 9.78 Å². The Morgan fingerprint density at radius 1 is 1.18 bits per heavy atom. The summed E-state index contributed by atoms with van der Waals surface area (Å²) in [5.74, 6) is 0. The van der Waals surface area contributed by atoms with E-state index in [9.17, 15) is 0 Å². The third-order valence-electron chi connectivity index (χ3n) is 3.59. The lowest BCUT2D eigenvalue weighted by Crippen LogP contribution is -2.03. The fourth-order valence-corrected chi connectivity index (χ4v) is 2.69. The van der Waals surface area contributed by atoms with Crippen LogP contribution < -0.4 is 5.73 Å². The highest BCUT2D eigenvalue weighted by Crippen LogP contribution is 2.29. The zero-order chi connectivity index (χ0) is 11.8. The summed E-state index contributed by atoms with van der Waals surface area (Å²) in [6, 6.07) is 6.69. The molecule has 3 heteroatoms. The highest BCUT2D eigenvalue weighted by Gasteiger charge is 2.13. The Bertz CT molecular complexity index is 535. The first-order valence-corrected chi connectivity index (χ1v) is 6.15. The first kappa shape index (κ1) is 10.4. The van der Waals surface area contributed by atoms with Crippen LogP contribution in [0.5, 0.6) is 0 Å². The maximum atomic E-state index is 5.97. The van der Waals surface area contributed by atoms with Gasteiger partial charge in [-0.15, -0.1) is 0 Å². The van der Waals surface area contributed by atoms with Gasteiger partial charge in [0, 0.05) is 12.6 Å². The summed E-state index contributed by atoms with van der Waals surface area (Å²) in [5, 5.41) is 4.20. The molecule has 0 amide bonds. The topological polar surface area (TPSA) is 43.8 Å². The van der Waals surface area contributed by atoms with Gasteiger partial charge in [0.2, 0.25) is 0 Å². The molecule has 0 atom stereocenters. The van der Waals surface area contributed by atoms with Crippen molar-refractivity contribution in [3.8, 4) is 11.3 Å². The second-order valence-electron chi connectivity index (χ2n) is 4.76. The quantitative estimate of drug-likeness (QED) is 0.813. The van der Waals surface area contributed by atoms with Gasteiger partial charge in [-0.3, -0.25) is 4.68 Å². The van der Waals surface area contributed by atoms with Crippen LogP contribution in [0.25, 0.3) is 11.3 Å². The van der Waals surface area contributed by atoms with Crippen LogP contribution in [0.2, 0.25) is 0 Å². The maximum Gasteiger partial charge on any atom is 0.0908 e.